The van der Waals surface area contributed by atoms with E-state index in [2.05, 4.69) is 10.3 Å². The summed E-state index contributed by atoms with van der Waals surface area (Å²) in [7, 11) is 0. The minimum Gasteiger partial charge on any atom is -0.440 e. The number of hydrogen-bond acceptors (Lipinski definition) is 6. The second-order valence-corrected chi connectivity index (χ2v) is 5.75. The lowest BCUT2D eigenvalue weighted by Crippen LogP contribution is -2.33. The topological polar surface area (TPSA) is 94.4 Å². The van der Waals surface area contributed by atoms with Gasteiger partial charge in [-0.25, -0.2) is 14.4 Å². The van der Waals surface area contributed by atoms with Crippen LogP contribution in [0.1, 0.15) is 38.0 Å². The Morgan fingerprint density at radius 2 is 1.77 bits per heavy atom. The van der Waals surface area contributed by atoms with Crippen LogP contribution in [0.3, 0.4) is 0 Å². The molecule has 0 unspecified atom stereocenters. The lowest BCUT2D eigenvalue weighted by molar-refractivity contribution is 0.0228. The van der Waals surface area contributed by atoms with Crippen molar-refractivity contribution in [2.75, 3.05) is 6.73 Å². The number of carbonyl (C=O) groups is 3. The number of esters is 1. The summed E-state index contributed by atoms with van der Waals surface area (Å²) in [5.41, 5.74) is 2.28. The van der Waals surface area contributed by atoms with Crippen molar-refractivity contribution in [3.63, 3.8) is 0 Å². The van der Waals surface area contributed by atoms with E-state index in [0.29, 0.717) is 23.2 Å². The molecule has 2 aromatic carbocycles. The molecule has 0 atom stereocenters. The molecule has 0 bridgehead atoms. The van der Waals surface area contributed by atoms with E-state index in [1.54, 1.807) is 47.1 Å². The molecule has 0 radical (unpaired) electrons. The zero-order valence-corrected chi connectivity index (χ0v) is 13.9. The fourth-order valence-electron chi connectivity index (χ4n) is 2.90. The SMILES string of the molecule is CCn1nnc2cc(C(=O)OCN3C(=O)c4ccccc4C3=O)ccc21. The molecule has 1 aliphatic heterocycles. The average molecular weight is 350 g/mol. The van der Waals surface area contributed by atoms with Crippen LogP contribution in [0.25, 0.3) is 11.0 Å². The van der Waals surface area contributed by atoms with Gasteiger partial charge in [-0.2, -0.15) is 0 Å². The average Bonchev–Trinajstić information content (AvgIpc) is 3.19. The molecule has 0 fully saturated rings. The first-order valence-electron chi connectivity index (χ1n) is 8.05. The fourth-order valence-corrected chi connectivity index (χ4v) is 2.90. The highest BCUT2D eigenvalue weighted by Gasteiger charge is 2.35. The number of nitrogens with zero attached hydrogens (tertiary/aromatic N) is 4. The summed E-state index contributed by atoms with van der Waals surface area (Å²) in [5.74, 6) is -1.59. The third-order valence-corrected chi connectivity index (χ3v) is 4.25. The number of aryl methyl sites for hydroxylation is 1. The van der Waals surface area contributed by atoms with Crippen molar-refractivity contribution >= 4 is 28.8 Å². The number of amides is 2. The minimum absolute atomic E-state index is 0.275. The van der Waals surface area contributed by atoms with E-state index in [-0.39, 0.29) is 5.56 Å². The molecular weight excluding hydrogens is 336 g/mol. The van der Waals surface area contributed by atoms with E-state index < -0.39 is 24.5 Å². The van der Waals surface area contributed by atoms with Gasteiger partial charge in [0.25, 0.3) is 11.8 Å². The van der Waals surface area contributed by atoms with Gasteiger partial charge >= 0.3 is 5.97 Å². The highest BCUT2D eigenvalue weighted by atomic mass is 16.5. The van der Waals surface area contributed by atoms with Gasteiger partial charge in [0.05, 0.1) is 22.2 Å². The smallest absolute Gasteiger partial charge is 0.339 e. The molecule has 2 amide bonds. The molecule has 0 aliphatic carbocycles. The Bertz CT molecular complexity index is 1020. The first-order chi connectivity index (χ1) is 12.6. The van der Waals surface area contributed by atoms with Gasteiger partial charge in [0.2, 0.25) is 0 Å². The van der Waals surface area contributed by atoms with Crippen molar-refractivity contribution in [1.29, 1.82) is 0 Å². The van der Waals surface area contributed by atoms with Crippen molar-refractivity contribution < 1.29 is 19.1 Å². The van der Waals surface area contributed by atoms with Gasteiger partial charge < -0.3 is 4.74 Å². The van der Waals surface area contributed by atoms with E-state index in [1.807, 2.05) is 6.92 Å². The highest BCUT2D eigenvalue weighted by Crippen LogP contribution is 2.22. The van der Waals surface area contributed by atoms with Crippen molar-refractivity contribution in [3.8, 4) is 0 Å². The number of benzene rings is 2. The van der Waals surface area contributed by atoms with Crippen LogP contribution in [0.5, 0.6) is 0 Å². The molecule has 1 aliphatic rings. The second kappa shape index (κ2) is 6.07. The number of imide groups is 1. The normalized spacial score (nSPS) is 13.3. The van der Waals surface area contributed by atoms with Gasteiger partial charge in [-0.3, -0.25) is 9.59 Å². The summed E-state index contributed by atoms with van der Waals surface area (Å²) in [5, 5.41) is 7.99. The van der Waals surface area contributed by atoms with Gasteiger partial charge in [-0.15, -0.1) is 5.10 Å². The molecule has 26 heavy (non-hydrogen) atoms. The number of rotatable bonds is 4. The van der Waals surface area contributed by atoms with E-state index in [4.69, 9.17) is 4.74 Å². The zero-order chi connectivity index (χ0) is 18.3. The molecule has 2 heterocycles. The molecule has 3 aromatic rings. The Balaban J connectivity index is 1.49. The summed E-state index contributed by atoms with van der Waals surface area (Å²) >= 11 is 0. The minimum atomic E-state index is -0.644. The van der Waals surface area contributed by atoms with Crippen molar-refractivity contribution in [2.24, 2.45) is 0 Å². The molecule has 0 saturated carbocycles. The van der Waals surface area contributed by atoms with E-state index in [9.17, 15) is 14.4 Å². The molecule has 4 rings (SSSR count). The number of ether oxygens (including phenoxy) is 1. The predicted molar refractivity (Wildman–Crippen MR) is 90.4 cm³/mol. The zero-order valence-electron chi connectivity index (χ0n) is 13.9. The third-order valence-electron chi connectivity index (χ3n) is 4.25. The molecule has 8 heteroatoms. The summed E-state index contributed by atoms with van der Waals surface area (Å²) in [6.07, 6.45) is 0. The Labute approximate surface area is 148 Å². The highest BCUT2D eigenvalue weighted by molar-refractivity contribution is 6.21. The lowest BCUT2D eigenvalue weighted by atomic mass is 10.1. The van der Waals surface area contributed by atoms with Gasteiger partial charge in [-0.05, 0) is 37.3 Å². The summed E-state index contributed by atoms with van der Waals surface area (Å²) in [6.45, 7) is 2.17. The van der Waals surface area contributed by atoms with Crippen molar-refractivity contribution in [1.82, 2.24) is 19.9 Å². The predicted octanol–water partition coefficient (Wildman–Crippen LogP) is 1.86. The summed E-state index contributed by atoms with van der Waals surface area (Å²) < 4.78 is 6.87. The van der Waals surface area contributed by atoms with Crippen LogP contribution >= 0.6 is 0 Å². The monoisotopic (exact) mass is 350 g/mol. The quantitative estimate of drug-likeness (QED) is 0.526. The fraction of sp³-hybridized carbons (Fsp3) is 0.167. The maximum atomic E-state index is 12.3. The van der Waals surface area contributed by atoms with E-state index in [0.717, 1.165) is 10.4 Å². The third kappa shape index (κ3) is 2.43. The van der Waals surface area contributed by atoms with Crippen molar-refractivity contribution in [3.05, 3.63) is 59.2 Å². The van der Waals surface area contributed by atoms with Crippen LogP contribution in [0.15, 0.2) is 42.5 Å². The maximum absolute atomic E-state index is 12.3. The number of carbonyl (C=O) groups excluding carboxylic acids is 3. The number of aromatic nitrogens is 3. The molecule has 8 nitrogen and oxygen atoms in total. The molecular formula is C18H14N4O4. The summed E-state index contributed by atoms with van der Waals surface area (Å²) in [4.78, 5) is 37.7. The lowest BCUT2D eigenvalue weighted by Gasteiger charge is -2.13. The van der Waals surface area contributed by atoms with Crippen LogP contribution in [0.2, 0.25) is 0 Å². The van der Waals surface area contributed by atoms with Crippen LogP contribution < -0.4 is 0 Å². The Hall–Kier alpha value is -3.55. The molecule has 0 spiro atoms. The van der Waals surface area contributed by atoms with Gasteiger partial charge in [0.1, 0.15) is 5.52 Å². The molecule has 1 aromatic heterocycles. The van der Waals surface area contributed by atoms with Crippen LogP contribution in [0, 0.1) is 0 Å². The van der Waals surface area contributed by atoms with E-state index >= 15 is 0 Å². The largest absolute Gasteiger partial charge is 0.440 e. The van der Waals surface area contributed by atoms with Gasteiger partial charge in [0, 0.05) is 6.54 Å². The van der Waals surface area contributed by atoms with Crippen molar-refractivity contribution in [2.45, 2.75) is 13.5 Å². The first-order valence-corrected chi connectivity index (χ1v) is 8.05. The molecule has 130 valence electrons. The summed E-state index contributed by atoms with van der Waals surface area (Å²) in [6, 6.07) is 11.4. The Morgan fingerprint density at radius 1 is 1.08 bits per heavy atom. The van der Waals surface area contributed by atoms with Crippen LogP contribution in [-0.2, 0) is 11.3 Å². The number of hydrogen-bond donors (Lipinski definition) is 0. The standard InChI is InChI=1S/C18H14N4O4/c1-2-22-15-8-7-11(9-14(15)19-20-22)18(25)26-10-21-16(23)12-5-3-4-6-13(12)17(21)24/h3-9H,2,10H2,1H3. The molecule has 0 N–H and O–H groups in total. The van der Waals surface area contributed by atoms with Gasteiger partial charge in [-0.1, -0.05) is 17.3 Å². The van der Waals surface area contributed by atoms with Crippen LogP contribution in [0.4, 0.5) is 0 Å². The second-order valence-electron chi connectivity index (χ2n) is 5.75. The Kier molecular flexibility index (Phi) is 3.72. The number of fused-ring (bicyclic) bond motifs is 2. The molecule has 0 saturated heterocycles. The van der Waals surface area contributed by atoms with Gasteiger partial charge in [0.15, 0.2) is 6.73 Å². The van der Waals surface area contributed by atoms with Crippen LogP contribution in [-0.4, -0.2) is 44.4 Å². The first kappa shape index (κ1) is 15.9. The Morgan fingerprint density at radius 3 is 2.42 bits per heavy atom. The maximum Gasteiger partial charge on any atom is 0.339 e. The van der Waals surface area contributed by atoms with E-state index in [1.165, 1.54) is 0 Å².